The van der Waals surface area contributed by atoms with E-state index in [-0.39, 0.29) is 11.6 Å². The molecule has 20 heavy (non-hydrogen) atoms. The summed E-state index contributed by atoms with van der Waals surface area (Å²) in [6.45, 7) is 8.53. The first-order chi connectivity index (χ1) is 9.35. The minimum absolute atomic E-state index is 0.0687. The summed E-state index contributed by atoms with van der Waals surface area (Å²) in [5, 5.41) is 9.05. The second kappa shape index (κ2) is 5.75. The minimum atomic E-state index is 0.0687. The van der Waals surface area contributed by atoms with Crippen molar-refractivity contribution in [3.05, 3.63) is 28.2 Å². The monoisotopic (exact) mass is 335 g/mol. The summed E-state index contributed by atoms with van der Waals surface area (Å²) in [5.41, 5.74) is 2.62. The standard InChI is InChI=1S/C16H22BrN3/c1-12-9-13(17)5-6-15(12)20-10-14(7-8-18)19(4)16(2,3)11-20/h5-6,9,14H,7,10-11H2,1-4H3. The highest BCUT2D eigenvalue weighted by atomic mass is 79.9. The number of likely N-dealkylation sites (N-methyl/N-ethyl adjacent to an activating group) is 1. The van der Waals surface area contributed by atoms with Crippen LogP contribution < -0.4 is 4.90 Å². The number of benzene rings is 1. The highest BCUT2D eigenvalue weighted by Crippen LogP contribution is 2.31. The van der Waals surface area contributed by atoms with Crippen LogP contribution in [-0.4, -0.2) is 36.6 Å². The van der Waals surface area contributed by atoms with Crippen molar-refractivity contribution in [2.24, 2.45) is 0 Å². The van der Waals surface area contributed by atoms with E-state index in [0.717, 1.165) is 17.6 Å². The van der Waals surface area contributed by atoms with Crippen LogP contribution in [0, 0.1) is 18.3 Å². The zero-order valence-corrected chi connectivity index (χ0v) is 14.2. The molecule has 0 radical (unpaired) electrons. The summed E-state index contributed by atoms with van der Waals surface area (Å²) in [7, 11) is 2.13. The van der Waals surface area contributed by atoms with E-state index < -0.39 is 0 Å². The highest BCUT2D eigenvalue weighted by molar-refractivity contribution is 9.10. The molecule has 108 valence electrons. The second-order valence-corrected chi connectivity index (χ2v) is 7.17. The summed E-state index contributed by atoms with van der Waals surface area (Å²) in [5.74, 6) is 0. The van der Waals surface area contributed by atoms with Gasteiger partial charge in [0.2, 0.25) is 0 Å². The lowest BCUT2D eigenvalue weighted by Crippen LogP contribution is -2.62. The summed E-state index contributed by atoms with van der Waals surface area (Å²) in [6, 6.07) is 9.02. The molecule has 1 unspecified atom stereocenters. The number of halogens is 1. The first-order valence-electron chi connectivity index (χ1n) is 6.96. The number of hydrogen-bond acceptors (Lipinski definition) is 3. The van der Waals surface area contributed by atoms with E-state index in [9.17, 15) is 0 Å². The van der Waals surface area contributed by atoms with Crippen molar-refractivity contribution < 1.29 is 0 Å². The molecule has 1 aliphatic rings. The van der Waals surface area contributed by atoms with Gasteiger partial charge in [-0.2, -0.15) is 5.26 Å². The molecule has 1 aromatic rings. The molecule has 1 saturated heterocycles. The third-order valence-electron chi connectivity index (χ3n) is 4.34. The molecule has 0 aliphatic carbocycles. The molecule has 2 rings (SSSR count). The maximum atomic E-state index is 9.05. The van der Waals surface area contributed by atoms with Gasteiger partial charge in [-0.25, -0.2) is 0 Å². The van der Waals surface area contributed by atoms with E-state index >= 15 is 0 Å². The first-order valence-corrected chi connectivity index (χ1v) is 7.75. The molecule has 3 nitrogen and oxygen atoms in total. The highest BCUT2D eigenvalue weighted by Gasteiger charge is 2.37. The topological polar surface area (TPSA) is 30.3 Å². The predicted octanol–water partition coefficient (Wildman–Crippen LogP) is 3.57. The average molecular weight is 336 g/mol. The summed E-state index contributed by atoms with van der Waals surface area (Å²) in [4.78, 5) is 4.77. The van der Waals surface area contributed by atoms with E-state index in [4.69, 9.17) is 5.26 Å². The third-order valence-corrected chi connectivity index (χ3v) is 4.83. The van der Waals surface area contributed by atoms with Crippen LogP contribution in [0.15, 0.2) is 22.7 Å². The Hall–Kier alpha value is -1.05. The fourth-order valence-corrected chi connectivity index (χ4v) is 3.45. The summed E-state index contributed by atoms with van der Waals surface area (Å²) >= 11 is 3.52. The van der Waals surface area contributed by atoms with E-state index in [0.29, 0.717) is 6.42 Å². The SMILES string of the molecule is Cc1cc(Br)ccc1N1CC(CC#N)N(C)C(C)(C)C1. The lowest BCUT2D eigenvalue weighted by atomic mass is 9.93. The van der Waals surface area contributed by atoms with E-state index in [1.54, 1.807) is 0 Å². The van der Waals surface area contributed by atoms with Gasteiger partial charge in [0.1, 0.15) is 0 Å². The number of hydrogen-bond donors (Lipinski definition) is 0. The van der Waals surface area contributed by atoms with Gasteiger partial charge >= 0.3 is 0 Å². The van der Waals surface area contributed by atoms with Crippen LogP contribution in [0.1, 0.15) is 25.8 Å². The Morgan fingerprint density at radius 2 is 2.15 bits per heavy atom. The third kappa shape index (κ3) is 2.99. The van der Waals surface area contributed by atoms with E-state index in [2.05, 4.69) is 77.8 Å². The van der Waals surface area contributed by atoms with Crippen LogP contribution >= 0.6 is 15.9 Å². The van der Waals surface area contributed by atoms with Gasteiger partial charge in [-0.15, -0.1) is 0 Å². The Morgan fingerprint density at radius 1 is 1.45 bits per heavy atom. The van der Waals surface area contributed by atoms with Crippen molar-refractivity contribution in [2.75, 3.05) is 25.0 Å². The minimum Gasteiger partial charge on any atom is -0.368 e. The average Bonchev–Trinajstić information content (AvgIpc) is 2.35. The van der Waals surface area contributed by atoms with Crippen LogP contribution in [0.4, 0.5) is 5.69 Å². The van der Waals surface area contributed by atoms with Crippen LogP contribution in [0.5, 0.6) is 0 Å². The fraction of sp³-hybridized carbons (Fsp3) is 0.562. The van der Waals surface area contributed by atoms with Crippen molar-refractivity contribution in [3.8, 4) is 6.07 Å². The number of piperazine rings is 1. The van der Waals surface area contributed by atoms with E-state index in [1.165, 1.54) is 11.3 Å². The van der Waals surface area contributed by atoms with Gasteiger partial charge in [-0.3, -0.25) is 4.90 Å². The molecule has 1 heterocycles. The molecular weight excluding hydrogens is 314 g/mol. The largest absolute Gasteiger partial charge is 0.368 e. The zero-order valence-electron chi connectivity index (χ0n) is 12.7. The number of aryl methyl sites for hydroxylation is 1. The van der Waals surface area contributed by atoms with Crippen LogP contribution in [0.25, 0.3) is 0 Å². The quantitative estimate of drug-likeness (QED) is 0.827. The predicted molar refractivity (Wildman–Crippen MR) is 87.0 cm³/mol. The molecule has 0 N–H and O–H groups in total. The molecule has 4 heteroatoms. The number of nitrogens with zero attached hydrogens (tertiary/aromatic N) is 3. The number of rotatable bonds is 2. The molecule has 1 aliphatic heterocycles. The van der Waals surface area contributed by atoms with Crippen LogP contribution in [-0.2, 0) is 0 Å². The maximum Gasteiger partial charge on any atom is 0.0638 e. The summed E-state index contributed by atoms with van der Waals surface area (Å²) < 4.78 is 1.11. The van der Waals surface area contributed by atoms with Crippen molar-refractivity contribution in [3.63, 3.8) is 0 Å². The van der Waals surface area contributed by atoms with Crippen molar-refractivity contribution in [1.82, 2.24) is 4.90 Å². The van der Waals surface area contributed by atoms with Gasteiger partial charge in [0.25, 0.3) is 0 Å². The van der Waals surface area contributed by atoms with E-state index in [1.807, 2.05) is 0 Å². The first kappa shape index (κ1) is 15.3. The fourth-order valence-electron chi connectivity index (χ4n) is 2.98. The molecule has 1 atom stereocenters. The van der Waals surface area contributed by atoms with Gasteiger partial charge in [0.15, 0.2) is 0 Å². The molecule has 1 fully saturated rings. The van der Waals surface area contributed by atoms with Gasteiger partial charge in [0, 0.05) is 34.8 Å². The van der Waals surface area contributed by atoms with Crippen LogP contribution in [0.2, 0.25) is 0 Å². The zero-order chi connectivity index (χ0) is 14.9. The number of anilines is 1. The Bertz CT molecular complexity index is 533. The normalized spacial score (nSPS) is 22.6. The van der Waals surface area contributed by atoms with Gasteiger partial charge in [-0.05, 0) is 51.6 Å². The number of nitriles is 1. The van der Waals surface area contributed by atoms with Gasteiger partial charge < -0.3 is 4.90 Å². The molecule has 0 amide bonds. The van der Waals surface area contributed by atoms with Crippen LogP contribution in [0.3, 0.4) is 0 Å². The maximum absolute atomic E-state index is 9.05. The molecule has 1 aromatic carbocycles. The molecule has 0 aromatic heterocycles. The lowest BCUT2D eigenvalue weighted by Gasteiger charge is -2.50. The molecular formula is C16H22BrN3. The second-order valence-electron chi connectivity index (χ2n) is 6.25. The Kier molecular flexibility index (Phi) is 4.41. The lowest BCUT2D eigenvalue weighted by molar-refractivity contribution is 0.0826. The van der Waals surface area contributed by atoms with Crippen molar-refractivity contribution in [2.45, 2.75) is 38.8 Å². The molecule has 0 spiro atoms. The van der Waals surface area contributed by atoms with Gasteiger partial charge in [-0.1, -0.05) is 15.9 Å². The smallest absolute Gasteiger partial charge is 0.0638 e. The Balaban J connectivity index is 2.30. The summed E-state index contributed by atoms with van der Waals surface area (Å²) in [6.07, 6.45) is 0.575. The van der Waals surface area contributed by atoms with Gasteiger partial charge in [0.05, 0.1) is 12.5 Å². The molecule has 0 saturated carbocycles. The van der Waals surface area contributed by atoms with Crippen molar-refractivity contribution in [1.29, 1.82) is 5.26 Å². The Labute approximate surface area is 130 Å². The Morgan fingerprint density at radius 3 is 2.75 bits per heavy atom. The van der Waals surface area contributed by atoms with Crippen molar-refractivity contribution >= 4 is 21.6 Å². The molecule has 0 bridgehead atoms.